The Labute approximate surface area is 90.0 Å². The van der Waals surface area contributed by atoms with Gasteiger partial charge in [-0.2, -0.15) is 0 Å². The predicted molar refractivity (Wildman–Crippen MR) is 57.5 cm³/mol. The fourth-order valence-electron chi connectivity index (χ4n) is 1.83. The molecule has 2 heterocycles. The fourth-order valence-corrected chi connectivity index (χ4v) is 1.83. The molecule has 78 valence electrons. The number of para-hydroxylation sites is 1. The van der Waals surface area contributed by atoms with Gasteiger partial charge in [0.15, 0.2) is 5.65 Å². The van der Waals surface area contributed by atoms with E-state index in [1.165, 1.54) is 6.33 Å². The standard InChI is InChI=1S/C11H7N3O2/c15-11(16)8-3-1-2-7-4-5-9-13-12-6-14(9)10(7)8/h1-6H,(H,15,16). The number of hydrogen-bond donors (Lipinski definition) is 1. The van der Waals surface area contributed by atoms with Crippen molar-refractivity contribution in [1.29, 1.82) is 0 Å². The Hall–Kier alpha value is -2.43. The largest absolute Gasteiger partial charge is 0.478 e. The smallest absolute Gasteiger partial charge is 0.337 e. The topological polar surface area (TPSA) is 67.5 Å². The molecule has 5 nitrogen and oxygen atoms in total. The van der Waals surface area contributed by atoms with Gasteiger partial charge in [-0.3, -0.25) is 4.40 Å². The van der Waals surface area contributed by atoms with Gasteiger partial charge in [-0.1, -0.05) is 12.1 Å². The first-order valence-corrected chi connectivity index (χ1v) is 4.72. The average Bonchev–Trinajstić information content (AvgIpc) is 2.76. The van der Waals surface area contributed by atoms with E-state index in [2.05, 4.69) is 10.2 Å². The molecule has 0 amide bonds. The van der Waals surface area contributed by atoms with E-state index in [9.17, 15) is 4.79 Å². The van der Waals surface area contributed by atoms with Gasteiger partial charge in [0.1, 0.15) is 6.33 Å². The lowest BCUT2D eigenvalue weighted by Gasteiger charge is -2.04. The summed E-state index contributed by atoms with van der Waals surface area (Å²) in [6.45, 7) is 0. The summed E-state index contributed by atoms with van der Waals surface area (Å²) in [4.78, 5) is 11.1. The number of carboxylic acids is 1. The van der Waals surface area contributed by atoms with Crippen LogP contribution in [0.25, 0.3) is 16.6 Å². The van der Waals surface area contributed by atoms with E-state index in [0.717, 1.165) is 5.39 Å². The summed E-state index contributed by atoms with van der Waals surface area (Å²) in [5.74, 6) is -0.952. The average molecular weight is 213 g/mol. The van der Waals surface area contributed by atoms with Crippen molar-refractivity contribution in [3.63, 3.8) is 0 Å². The normalized spacial score (nSPS) is 11.0. The monoisotopic (exact) mass is 213 g/mol. The van der Waals surface area contributed by atoms with Gasteiger partial charge in [-0.25, -0.2) is 4.79 Å². The molecule has 2 aromatic heterocycles. The van der Waals surface area contributed by atoms with Crippen LogP contribution in [0.15, 0.2) is 36.7 Å². The number of aromatic nitrogens is 3. The molecule has 0 unspecified atom stereocenters. The van der Waals surface area contributed by atoms with Crippen LogP contribution in [0.2, 0.25) is 0 Å². The Morgan fingerprint density at radius 1 is 1.25 bits per heavy atom. The summed E-state index contributed by atoms with van der Waals surface area (Å²) in [5.41, 5.74) is 1.52. The van der Waals surface area contributed by atoms with Crippen LogP contribution in [-0.4, -0.2) is 25.7 Å². The zero-order valence-electron chi connectivity index (χ0n) is 8.16. The molecule has 0 saturated carbocycles. The summed E-state index contributed by atoms with van der Waals surface area (Å²) in [6.07, 6.45) is 1.52. The van der Waals surface area contributed by atoms with Gasteiger partial charge in [0, 0.05) is 0 Å². The van der Waals surface area contributed by atoms with Gasteiger partial charge < -0.3 is 5.11 Å². The molecular formula is C11H7N3O2. The Morgan fingerprint density at radius 2 is 2.12 bits per heavy atom. The molecule has 1 aromatic carbocycles. The predicted octanol–water partition coefficient (Wildman–Crippen LogP) is 1.58. The molecule has 0 aliphatic rings. The number of nitrogens with zero attached hydrogens (tertiary/aromatic N) is 3. The highest BCUT2D eigenvalue weighted by Gasteiger charge is 2.11. The Morgan fingerprint density at radius 3 is 2.94 bits per heavy atom. The summed E-state index contributed by atoms with van der Waals surface area (Å²) >= 11 is 0. The summed E-state index contributed by atoms with van der Waals surface area (Å²) in [7, 11) is 0. The number of pyridine rings is 1. The van der Waals surface area contributed by atoms with Gasteiger partial charge >= 0.3 is 5.97 Å². The van der Waals surface area contributed by atoms with E-state index in [1.54, 1.807) is 22.6 Å². The van der Waals surface area contributed by atoms with Crippen molar-refractivity contribution in [3.05, 3.63) is 42.2 Å². The third kappa shape index (κ3) is 1.08. The molecule has 16 heavy (non-hydrogen) atoms. The molecule has 0 spiro atoms. The maximum Gasteiger partial charge on any atom is 0.337 e. The van der Waals surface area contributed by atoms with E-state index in [-0.39, 0.29) is 5.56 Å². The number of aromatic carboxylic acids is 1. The number of carbonyl (C=O) groups is 1. The van der Waals surface area contributed by atoms with Crippen LogP contribution in [0.1, 0.15) is 10.4 Å². The van der Waals surface area contributed by atoms with E-state index in [0.29, 0.717) is 11.2 Å². The van der Waals surface area contributed by atoms with Gasteiger partial charge in [-0.15, -0.1) is 10.2 Å². The number of hydrogen-bond acceptors (Lipinski definition) is 3. The van der Waals surface area contributed by atoms with Crippen LogP contribution in [-0.2, 0) is 0 Å². The molecule has 3 aromatic rings. The maximum atomic E-state index is 11.1. The van der Waals surface area contributed by atoms with Crippen molar-refractivity contribution in [2.24, 2.45) is 0 Å². The van der Waals surface area contributed by atoms with Crippen molar-refractivity contribution in [1.82, 2.24) is 14.6 Å². The first kappa shape index (κ1) is 8.84. The molecule has 0 atom stereocenters. The van der Waals surface area contributed by atoms with Crippen LogP contribution in [0.4, 0.5) is 0 Å². The molecule has 3 rings (SSSR count). The van der Waals surface area contributed by atoms with Crippen molar-refractivity contribution < 1.29 is 9.90 Å². The number of carboxylic acid groups (broad SMARTS) is 1. The molecule has 0 bridgehead atoms. The molecule has 5 heteroatoms. The molecule has 1 N–H and O–H groups in total. The van der Waals surface area contributed by atoms with Gasteiger partial charge in [0.25, 0.3) is 0 Å². The summed E-state index contributed by atoms with van der Waals surface area (Å²) < 4.78 is 1.68. The van der Waals surface area contributed by atoms with Gasteiger partial charge in [0.2, 0.25) is 0 Å². The minimum atomic E-state index is -0.952. The second-order valence-electron chi connectivity index (χ2n) is 3.44. The molecule has 0 aliphatic heterocycles. The quantitative estimate of drug-likeness (QED) is 0.666. The minimum Gasteiger partial charge on any atom is -0.478 e. The lowest BCUT2D eigenvalue weighted by atomic mass is 10.1. The number of fused-ring (bicyclic) bond motifs is 3. The Kier molecular flexibility index (Phi) is 1.67. The van der Waals surface area contributed by atoms with Crippen molar-refractivity contribution >= 4 is 22.5 Å². The highest BCUT2D eigenvalue weighted by atomic mass is 16.4. The zero-order chi connectivity index (χ0) is 11.1. The summed E-state index contributed by atoms with van der Waals surface area (Å²) in [5, 5.41) is 17.6. The maximum absolute atomic E-state index is 11.1. The van der Waals surface area contributed by atoms with Gasteiger partial charge in [0.05, 0.1) is 11.1 Å². The first-order chi connectivity index (χ1) is 7.77. The van der Waals surface area contributed by atoms with Crippen LogP contribution in [0.3, 0.4) is 0 Å². The first-order valence-electron chi connectivity index (χ1n) is 4.72. The number of rotatable bonds is 1. The van der Waals surface area contributed by atoms with Crippen LogP contribution < -0.4 is 0 Å². The highest BCUT2D eigenvalue weighted by Crippen LogP contribution is 2.19. The number of benzene rings is 1. The lowest BCUT2D eigenvalue weighted by molar-refractivity contribution is 0.0699. The van der Waals surface area contributed by atoms with Crippen LogP contribution >= 0.6 is 0 Å². The van der Waals surface area contributed by atoms with Crippen LogP contribution in [0, 0.1) is 0 Å². The van der Waals surface area contributed by atoms with Crippen LogP contribution in [0.5, 0.6) is 0 Å². The third-order valence-corrected chi connectivity index (χ3v) is 2.52. The van der Waals surface area contributed by atoms with E-state index >= 15 is 0 Å². The minimum absolute atomic E-state index is 0.253. The van der Waals surface area contributed by atoms with E-state index in [1.807, 2.05) is 12.1 Å². The third-order valence-electron chi connectivity index (χ3n) is 2.52. The Balaban J connectivity index is 2.59. The van der Waals surface area contributed by atoms with E-state index < -0.39 is 5.97 Å². The molecule has 0 saturated heterocycles. The zero-order valence-corrected chi connectivity index (χ0v) is 8.16. The fraction of sp³-hybridized carbons (Fsp3) is 0. The highest BCUT2D eigenvalue weighted by molar-refractivity contribution is 6.02. The molecule has 0 radical (unpaired) electrons. The van der Waals surface area contributed by atoms with E-state index in [4.69, 9.17) is 5.11 Å². The summed E-state index contributed by atoms with van der Waals surface area (Å²) in [6, 6.07) is 8.81. The van der Waals surface area contributed by atoms with Crippen molar-refractivity contribution in [2.75, 3.05) is 0 Å². The molecule has 0 aliphatic carbocycles. The van der Waals surface area contributed by atoms with Crippen molar-refractivity contribution in [3.8, 4) is 0 Å². The Bertz CT molecular complexity index is 703. The van der Waals surface area contributed by atoms with Crippen molar-refractivity contribution in [2.45, 2.75) is 0 Å². The molecule has 0 fully saturated rings. The SMILES string of the molecule is O=C(O)c1cccc2ccc3nncn3c12. The molecular weight excluding hydrogens is 206 g/mol. The second-order valence-corrected chi connectivity index (χ2v) is 3.44. The second kappa shape index (κ2) is 3.03. The lowest BCUT2D eigenvalue weighted by Crippen LogP contribution is -2.00. The van der Waals surface area contributed by atoms with Gasteiger partial charge in [-0.05, 0) is 23.6 Å².